The predicted molar refractivity (Wildman–Crippen MR) is 231 cm³/mol. The smallest absolute Gasteiger partial charge is 0.324 e. The number of hydrogen-bond donors (Lipinski definition) is 0. The summed E-state index contributed by atoms with van der Waals surface area (Å²) in [6, 6.07) is 0. The van der Waals surface area contributed by atoms with E-state index in [1.165, 1.54) is 191 Å². The van der Waals surface area contributed by atoms with E-state index in [4.69, 9.17) is 17.7 Å². The average molecular weight is 788 g/mol. The maximum Gasteiger partial charge on any atom is 0.324 e. The van der Waals surface area contributed by atoms with Crippen LogP contribution in [0.2, 0.25) is 11.1 Å². The highest BCUT2D eigenvalue weighted by molar-refractivity contribution is 9.26. The number of rotatable bonds is 41. The van der Waals surface area contributed by atoms with Gasteiger partial charge in [-0.1, -0.05) is 190 Å². The van der Waals surface area contributed by atoms with Crippen LogP contribution in [0.1, 0.15) is 194 Å². The zero-order valence-corrected chi connectivity index (χ0v) is 38.4. The molecule has 2 atom stereocenters. The standard InChI is InChI=1S/C38H82O4S4Si2/c1-7-9-11-13-15-17-19-21-23-25-27-29-31-37(47(39-3)40-4)33-35-43-45-46-44-36-34-38(48(41-5)42-6)32-30-28-26-24-22-20-18-16-14-12-10-8-2/h37-38,47-48H,7-36H2,1-6H3. The van der Waals surface area contributed by atoms with E-state index in [0.717, 1.165) is 0 Å². The first-order valence-corrected chi connectivity index (χ1v) is 28.7. The summed E-state index contributed by atoms with van der Waals surface area (Å²) >= 11 is 0. The maximum absolute atomic E-state index is 5.84. The number of hydrogen-bond acceptors (Lipinski definition) is 8. The first-order valence-electron chi connectivity index (χ1n) is 20.4. The van der Waals surface area contributed by atoms with Crippen LogP contribution in [0, 0.1) is 0 Å². The van der Waals surface area contributed by atoms with Crippen molar-refractivity contribution in [2.45, 2.75) is 205 Å². The molecule has 0 saturated carbocycles. The van der Waals surface area contributed by atoms with Gasteiger partial charge in [-0.25, -0.2) is 0 Å². The van der Waals surface area contributed by atoms with Crippen LogP contribution in [0.25, 0.3) is 0 Å². The lowest BCUT2D eigenvalue weighted by Gasteiger charge is -2.23. The van der Waals surface area contributed by atoms with Gasteiger partial charge in [0.1, 0.15) is 0 Å². The molecule has 0 aliphatic carbocycles. The van der Waals surface area contributed by atoms with Crippen molar-refractivity contribution in [1.82, 2.24) is 0 Å². The van der Waals surface area contributed by atoms with Crippen LogP contribution in [0.4, 0.5) is 0 Å². The molecular weight excluding hydrogens is 705 g/mol. The van der Waals surface area contributed by atoms with Crippen molar-refractivity contribution in [2.75, 3.05) is 39.9 Å². The molecule has 0 saturated heterocycles. The fourth-order valence-corrected chi connectivity index (χ4v) is 17.4. The molecule has 0 spiro atoms. The van der Waals surface area contributed by atoms with Crippen molar-refractivity contribution in [3.05, 3.63) is 0 Å². The summed E-state index contributed by atoms with van der Waals surface area (Å²) < 4.78 is 23.4. The molecule has 0 aliphatic heterocycles. The Hall–Kier alpha value is 1.67. The first-order chi connectivity index (χ1) is 23.7. The zero-order valence-electron chi connectivity index (χ0n) is 32.8. The van der Waals surface area contributed by atoms with Gasteiger partial charge in [0.2, 0.25) is 0 Å². The lowest BCUT2D eigenvalue weighted by Crippen LogP contribution is -2.26. The van der Waals surface area contributed by atoms with Crippen LogP contribution in [-0.2, 0) is 17.7 Å². The van der Waals surface area contributed by atoms with Crippen molar-refractivity contribution in [3.8, 4) is 0 Å². The highest BCUT2D eigenvalue weighted by Gasteiger charge is 2.25. The van der Waals surface area contributed by atoms with Crippen molar-refractivity contribution < 1.29 is 17.7 Å². The molecule has 4 nitrogen and oxygen atoms in total. The molecular formula is C38H82O4S4Si2. The van der Waals surface area contributed by atoms with Gasteiger partial charge in [-0.3, -0.25) is 0 Å². The molecule has 0 aromatic carbocycles. The highest BCUT2D eigenvalue weighted by atomic mass is 33.7. The van der Waals surface area contributed by atoms with Gasteiger partial charge < -0.3 is 17.7 Å². The monoisotopic (exact) mass is 786 g/mol. The summed E-state index contributed by atoms with van der Waals surface area (Å²) in [5.74, 6) is 2.36. The lowest BCUT2D eigenvalue weighted by atomic mass is 10.0. The molecule has 0 bridgehead atoms. The van der Waals surface area contributed by atoms with E-state index in [0.29, 0.717) is 11.1 Å². The largest absolute Gasteiger partial charge is 0.400 e. The quantitative estimate of drug-likeness (QED) is 0.0345. The third kappa shape index (κ3) is 32.3. The van der Waals surface area contributed by atoms with E-state index >= 15 is 0 Å². The van der Waals surface area contributed by atoms with Crippen molar-refractivity contribution in [3.63, 3.8) is 0 Å². The minimum Gasteiger partial charge on any atom is -0.400 e. The Morgan fingerprint density at radius 1 is 0.354 bits per heavy atom. The fraction of sp³-hybridized carbons (Fsp3) is 1.00. The summed E-state index contributed by atoms with van der Waals surface area (Å²) in [5, 5.41) is 0. The molecule has 0 fully saturated rings. The molecule has 0 aromatic heterocycles. The molecule has 0 amide bonds. The normalized spacial score (nSPS) is 13.2. The van der Waals surface area contributed by atoms with Gasteiger partial charge in [0.25, 0.3) is 0 Å². The molecule has 2 unspecified atom stereocenters. The van der Waals surface area contributed by atoms with E-state index in [9.17, 15) is 0 Å². The summed E-state index contributed by atoms with van der Waals surface area (Å²) in [4.78, 5) is 0. The Morgan fingerprint density at radius 3 is 0.854 bits per heavy atom. The summed E-state index contributed by atoms with van der Waals surface area (Å²) in [5.41, 5.74) is 1.25. The van der Waals surface area contributed by atoms with E-state index < -0.39 is 18.6 Å². The lowest BCUT2D eigenvalue weighted by molar-refractivity contribution is 0.260. The van der Waals surface area contributed by atoms with Crippen LogP contribution in [-0.4, -0.2) is 58.5 Å². The minimum absolute atomic E-state index is 0.625. The van der Waals surface area contributed by atoms with E-state index in [1.54, 1.807) is 0 Å². The Bertz CT molecular complexity index is 557. The third-order valence-corrected chi connectivity index (χ3v) is 21.1. The molecule has 0 aliphatic rings. The van der Waals surface area contributed by atoms with Crippen LogP contribution in [0.5, 0.6) is 0 Å². The Balaban J connectivity index is 4.01. The molecule has 10 heteroatoms. The predicted octanol–water partition coefficient (Wildman–Crippen LogP) is 14.4. The second-order valence-corrected chi connectivity index (χ2v) is 25.4. The zero-order chi connectivity index (χ0) is 35.2. The summed E-state index contributed by atoms with van der Waals surface area (Å²) in [6.07, 6.45) is 38.8. The van der Waals surface area contributed by atoms with Crippen LogP contribution in [0.15, 0.2) is 0 Å². The SMILES string of the molecule is CCCCCCCCCCCCCCC(CCSSSSCCC(CCCCCCCCCCCCCC)[SiH](OC)OC)[SiH](OC)OC. The Labute approximate surface area is 320 Å². The second kappa shape index (κ2) is 41.4. The fourth-order valence-electron chi connectivity index (χ4n) is 6.80. The molecule has 0 aromatic rings. The van der Waals surface area contributed by atoms with Gasteiger partial charge in [-0.15, -0.1) is 0 Å². The topological polar surface area (TPSA) is 36.9 Å². The van der Waals surface area contributed by atoms with Crippen molar-refractivity contribution >= 4 is 59.8 Å². The number of unbranched alkanes of at least 4 members (excludes halogenated alkanes) is 22. The minimum atomic E-state index is -1.57. The van der Waals surface area contributed by atoms with Crippen molar-refractivity contribution in [1.29, 1.82) is 0 Å². The third-order valence-electron chi connectivity index (χ3n) is 9.82. The molecule has 0 radical (unpaired) electrons. The maximum atomic E-state index is 5.84. The van der Waals surface area contributed by atoms with Crippen molar-refractivity contribution in [2.24, 2.45) is 0 Å². The van der Waals surface area contributed by atoms with Gasteiger partial charge in [0.05, 0.1) is 0 Å². The molecule has 290 valence electrons. The van der Waals surface area contributed by atoms with Gasteiger partial charge in [0, 0.05) is 51.0 Å². The van der Waals surface area contributed by atoms with Crippen LogP contribution in [0.3, 0.4) is 0 Å². The highest BCUT2D eigenvalue weighted by Crippen LogP contribution is 2.45. The first kappa shape index (κ1) is 49.7. The van der Waals surface area contributed by atoms with Gasteiger partial charge >= 0.3 is 18.6 Å². The van der Waals surface area contributed by atoms with Gasteiger partial charge in [0.15, 0.2) is 0 Å². The summed E-state index contributed by atoms with van der Waals surface area (Å²) in [7, 11) is 12.2. The second-order valence-electron chi connectivity index (χ2n) is 13.9. The van der Waals surface area contributed by atoms with E-state index in [-0.39, 0.29) is 0 Å². The van der Waals surface area contributed by atoms with Gasteiger partial charge in [-0.05, 0) is 45.3 Å². The average Bonchev–Trinajstić information content (AvgIpc) is 3.10. The molecule has 48 heavy (non-hydrogen) atoms. The van der Waals surface area contributed by atoms with Gasteiger partial charge in [-0.2, -0.15) is 0 Å². The molecule has 0 N–H and O–H groups in total. The van der Waals surface area contributed by atoms with E-state index in [1.807, 2.05) is 69.7 Å². The Kier molecular flexibility index (Phi) is 42.9. The molecule has 0 rings (SSSR count). The van der Waals surface area contributed by atoms with Crippen LogP contribution >= 0.6 is 41.2 Å². The summed E-state index contributed by atoms with van der Waals surface area (Å²) in [6.45, 7) is 4.60. The molecule has 0 heterocycles. The van der Waals surface area contributed by atoms with Crippen LogP contribution < -0.4 is 0 Å². The Morgan fingerprint density at radius 2 is 0.604 bits per heavy atom. The van der Waals surface area contributed by atoms with E-state index in [2.05, 4.69) is 13.8 Å².